The maximum atomic E-state index is 12.6. The molecule has 1 amide bonds. The fourth-order valence-corrected chi connectivity index (χ4v) is 4.27. The van der Waals surface area contributed by atoms with Gasteiger partial charge in [0.15, 0.2) is 0 Å². The van der Waals surface area contributed by atoms with Crippen LogP contribution in [0.15, 0.2) is 47.3 Å². The summed E-state index contributed by atoms with van der Waals surface area (Å²) >= 11 is 0. The average Bonchev–Trinajstić information content (AvgIpc) is 2.62. The highest BCUT2D eigenvalue weighted by molar-refractivity contribution is 5.92. The number of nitrogens with one attached hydrogen (secondary N) is 1. The van der Waals surface area contributed by atoms with Crippen LogP contribution in [-0.4, -0.2) is 35.0 Å². The summed E-state index contributed by atoms with van der Waals surface area (Å²) < 4.78 is 39.7. The number of carbonyl (C=O) groups excluding carboxylic acids is 1. The van der Waals surface area contributed by atoms with Gasteiger partial charge in [-0.25, -0.2) is 0 Å². The molecule has 0 spiro atoms. The van der Waals surface area contributed by atoms with Gasteiger partial charge in [0.05, 0.1) is 12.1 Å². The fourth-order valence-electron chi connectivity index (χ4n) is 4.27. The molecule has 1 aromatic heterocycles. The second kappa shape index (κ2) is 7.09. The van der Waals surface area contributed by atoms with Gasteiger partial charge >= 0.3 is 6.18 Å². The van der Waals surface area contributed by atoms with Crippen LogP contribution in [0, 0.1) is 5.92 Å². The van der Waals surface area contributed by atoms with E-state index in [1.807, 2.05) is 10.6 Å². The van der Waals surface area contributed by atoms with Crippen molar-refractivity contribution in [1.29, 1.82) is 0 Å². The number of halogens is 3. The minimum Gasteiger partial charge on any atom is -0.325 e. The molecule has 1 fully saturated rings. The van der Waals surface area contributed by atoms with E-state index in [1.165, 1.54) is 12.1 Å². The molecule has 8 heteroatoms. The van der Waals surface area contributed by atoms with Gasteiger partial charge in [-0.1, -0.05) is 6.07 Å². The SMILES string of the molecule is O=C(CN1C[C@@H]2C[C@H](C1)c1cccc(=O)n1C2)Nc1ccc(C(F)(F)F)cc1. The van der Waals surface area contributed by atoms with Gasteiger partial charge in [0.1, 0.15) is 0 Å². The molecule has 0 radical (unpaired) electrons. The fraction of sp³-hybridized carbons (Fsp3) is 0.400. The molecule has 1 N–H and O–H groups in total. The van der Waals surface area contributed by atoms with E-state index in [2.05, 4.69) is 10.2 Å². The van der Waals surface area contributed by atoms with Crippen LogP contribution in [0.3, 0.4) is 0 Å². The van der Waals surface area contributed by atoms with E-state index in [0.29, 0.717) is 24.7 Å². The molecule has 2 bridgehead atoms. The molecular formula is C20H20F3N3O2. The van der Waals surface area contributed by atoms with E-state index in [4.69, 9.17) is 0 Å². The van der Waals surface area contributed by atoms with Crippen molar-refractivity contribution in [3.8, 4) is 0 Å². The second-order valence-electron chi connectivity index (χ2n) is 7.52. The molecule has 1 saturated heterocycles. The molecule has 2 atom stereocenters. The summed E-state index contributed by atoms with van der Waals surface area (Å²) in [4.78, 5) is 26.5. The highest BCUT2D eigenvalue weighted by Crippen LogP contribution is 2.35. The Kier molecular flexibility index (Phi) is 4.74. The Hall–Kier alpha value is -2.61. The van der Waals surface area contributed by atoms with E-state index in [0.717, 1.165) is 30.8 Å². The first-order valence-corrected chi connectivity index (χ1v) is 9.19. The number of fused-ring (bicyclic) bond motifs is 4. The van der Waals surface area contributed by atoms with Crippen LogP contribution in [0.4, 0.5) is 18.9 Å². The van der Waals surface area contributed by atoms with Crippen LogP contribution in [0.1, 0.15) is 23.6 Å². The lowest BCUT2D eigenvalue weighted by atomic mass is 9.83. The maximum Gasteiger partial charge on any atom is 0.416 e. The normalized spacial score (nSPS) is 21.8. The van der Waals surface area contributed by atoms with Gasteiger partial charge in [0, 0.05) is 43.0 Å². The summed E-state index contributed by atoms with van der Waals surface area (Å²) in [6, 6.07) is 9.73. The number of amides is 1. The molecular weight excluding hydrogens is 371 g/mol. The van der Waals surface area contributed by atoms with Gasteiger partial charge in [-0.05, 0) is 42.7 Å². The number of hydrogen-bond donors (Lipinski definition) is 1. The molecule has 1 aromatic carbocycles. The van der Waals surface area contributed by atoms with E-state index in [1.54, 1.807) is 12.1 Å². The lowest BCUT2D eigenvalue weighted by molar-refractivity contribution is -0.137. The van der Waals surface area contributed by atoms with Gasteiger partial charge < -0.3 is 9.88 Å². The largest absolute Gasteiger partial charge is 0.416 e. The summed E-state index contributed by atoms with van der Waals surface area (Å²) in [5.41, 5.74) is 0.618. The molecule has 3 heterocycles. The molecule has 0 aliphatic carbocycles. The van der Waals surface area contributed by atoms with Crippen molar-refractivity contribution >= 4 is 11.6 Å². The van der Waals surface area contributed by atoms with Crippen molar-refractivity contribution in [2.75, 3.05) is 25.0 Å². The van der Waals surface area contributed by atoms with Crippen molar-refractivity contribution in [2.45, 2.75) is 25.1 Å². The zero-order valence-electron chi connectivity index (χ0n) is 15.1. The van der Waals surface area contributed by atoms with Crippen LogP contribution < -0.4 is 10.9 Å². The first kappa shape index (κ1) is 18.7. The van der Waals surface area contributed by atoms with Crippen LogP contribution in [0.2, 0.25) is 0 Å². The highest BCUT2D eigenvalue weighted by Gasteiger charge is 2.35. The van der Waals surface area contributed by atoms with Crippen molar-refractivity contribution in [2.24, 2.45) is 5.92 Å². The minimum absolute atomic E-state index is 0.0145. The lowest BCUT2D eigenvalue weighted by Crippen LogP contribution is -2.49. The van der Waals surface area contributed by atoms with E-state index < -0.39 is 11.7 Å². The van der Waals surface area contributed by atoms with Gasteiger partial charge in [-0.15, -0.1) is 0 Å². The predicted octanol–water partition coefficient (Wildman–Crippen LogP) is 2.92. The molecule has 4 rings (SSSR count). The summed E-state index contributed by atoms with van der Waals surface area (Å²) in [6.07, 6.45) is -3.40. The number of rotatable bonds is 3. The number of nitrogens with zero attached hydrogens (tertiary/aromatic N) is 2. The Morgan fingerprint density at radius 3 is 2.54 bits per heavy atom. The predicted molar refractivity (Wildman–Crippen MR) is 98.1 cm³/mol. The number of alkyl halides is 3. The third kappa shape index (κ3) is 3.82. The van der Waals surface area contributed by atoms with Crippen LogP contribution >= 0.6 is 0 Å². The summed E-state index contributed by atoms with van der Waals surface area (Å²) in [5, 5.41) is 2.66. The minimum atomic E-state index is -4.40. The van der Waals surface area contributed by atoms with E-state index in [-0.39, 0.29) is 23.9 Å². The Labute approximate surface area is 159 Å². The monoisotopic (exact) mass is 391 g/mol. The Morgan fingerprint density at radius 1 is 1.07 bits per heavy atom. The standard InChI is InChI=1S/C20H20F3N3O2/c21-20(22,23)15-4-6-16(7-5-15)24-18(27)12-25-9-13-8-14(11-25)17-2-1-3-19(28)26(17)10-13/h1-7,13-14H,8-12H2,(H,24,27)/t13-,14+/m0/s1. The summed E-state index contributed by atoms with van der Waals surface area (Å²) in [5.74, 6) is 0.260. The number of likely N-dealkylation sites (tertiary alicyclic amines) is 1. The first-order chi connectivity index (χ1) is 13.3. The van der Waals surface area contributed by atoms with Gasteiger partial charge in [-0.2, -0.15) is 13.2 Å². The Bertz CT molecular complexity index is 937. The van der Waals surface area contributed by atoms with Crippen molar-refractivity contribution in [1.82, 2.24) is 9.47 Å². The topological polar surface area (TPSA) is 54.3 Å². The molecule has 0 saturated carbocycles. The number of carbonyl (C=O) groups is 1. The zero-order chi connectivity index (χ0) is 19.9. The second-order valence-corrected chi connectivity index (χ2v) is 7.52. The molecule has 2 aliphatic rings. The van der Waals surface area contributed by atoms with Crippen LogP contribution in [0.25, 0.3) is 0 Å². The number of pyridine rings is 1. The Morgan fingerprint density at radius 2 is 1.82 bits per heavy atom. The quantitative estimate of drug-likeness (QED) is 0.876. The van der Waals surface area contributed by atoms with E-state index >= 15 is 0 Å². The molecule has 2 aliphatic heterocycles. The molecule has 0 unspecified atom stereocenters. The highest BCUT2D eigenvalue weighted by atomic mass is 19.4. The third-order valence-electron chi connectivity index (χ3n) is 5.42. The summed E-state index contributed by atoms with van der Waals surface area (Å²) in [7, 11) is 0. The zero-order valence-corrected chi connectivity index (χ0v) is 15.1. The number of piperidine rings is 1. The number of aromatic nitrogens is 1. The molecule has 5 nitrogen and oxygen atoms in total. The van der Waals surface area contributed by atoms with E-state index in [9.17, 15) is 22.8 Å². The van der Waals surface area contributed by atoms with Crippen molar-refractivity contribution < 1.29 is 18.0 Å². The number of hydrogen-bond acceptors (Lipinski definition) is 3. The molecule has 148 valence electrons. The van der Waals surface area contributed by atoms with Gasteiger partial charge in [0.25, 0.3) is 5.56 Å². The molecule has 28 heavy (non-hydrogen) atoms. The average molecular weight is 391 g/mol. The van der Waals surface area contributed by atoms with Crippen molar-refractivity contribution in [3.05, 3.63) is 64.1 Å². The maximum absolute atomic E-state index is 12.6. The summed E-state index contributed by atoms with van der Waals surface area (Å²) in [6.45, 7) is 2.23. The number of anilines is 1. The smallest absolute Gasteiger partial charge is 0.325 e. The third-order valence-corrected chi connectivity index (χ3v) is 5.42. The first-order valence-electron chi connectivity index (χ1n) is 9.19. The lowest BCUT2D eigenvalue weighted by Gasteiger charge is -2.42. The van der Waals surface area contributed by atoms with Crippen molar-refractivity contribution in [3.63, 3.8) is 0 Å². The van der Waals surface area contributed by atoms with Gasteiger partial charge in [-0.3, -0.25) is 14.5 Å². The van der Waals surface area contributed by atoms with Gasteiger partial charge in [0.2, 0.25) is 5.91 Å². The molecule has 2 aromatic rings. The number of benzene rings is 1. The van der Waals surface area contributed by atoms with Crippen LogP contribution in [0.5, 0.6) is 0 Å². The Balaban J connectivity index is 1.39. The van der Waals surface area contributed by atoms with Crippen LogP contribution in [-0.2, 0) is 17.5 Å².